The number of nitrogens with zero attached hydrogens (tertiary/aromatic N) is 4. The molecule has 11 heteroatoms. The van der Waals surface area contributed by atoms with Gasteiger partial charge in [-0.1, -0.05) is 0 Å². The fraction of sp³-hybridized carbons (Fsp3) is 0.500. The first-order chi connectivity index (χ1) is 13.7. The molecule has 0 bridgehead atoms. The normalized spacial score (nSPS) is 16.0. The zero-order chi connectivity index (χ0) is 21.2. The molecule has 1 fully saturated rings. The maximum atomic E-state index is 12.5. The van der Waals surface area contributed by atoms with E-state index in [-0.39, 0.29) is 24.1 Å². The van der Waals surface area contributed by atoms with Crippen molar-refractivity contribution < 1.29 is 17.9 Å². The Balaban J connectivity index is 1.67. The molecule has 0 aliphatic carbocycles. The number of amides is 1. The second kappa shape index (κ2) is 8.37. The molecule has 29 heavy (non-hydrogen) atoms. The lowest BCUT2D eigenvalue weighted by molar-refractivity contribution is -0.117. The number of aromatic nitrogens is 3. The van der Waals surface area contributed by atoms with Gasteiger partial charge in [0, 0.05) is 31.7 Å². The van der Waals surface area contributed by atoms with Crippen molar-refractivity contribution >= 4 is 21.6 Å². The summed E-state index contributed by atoms with van der Waals surface area (Å²) in [5.74, 6) is 0.848. The summed E-state index contributed by atoms with van der Waals surface area (Å²) < 4.78 is 32.4. The van der Waals surface area contributed by atoms with Crippen LogP contribution in [0.25, 0.3) is 0 Å². The van der Waals surface area contributed by atoms with Crippen LogP contribution in [0.4, 0.5) is 5.69 Å². The van der Waals surface area contributed by atoms with Gasteiger partial charge in [-0.15, -0.1) is 0 Å². The molecule has 2 heterocycles. The minimum Gasteiger partial charge on any atom is -0.497 e. The molecule has 2 aromatic rings. The number of carbonyl (C=O) groups excluding carboxylic acids is 1. The fourth-order valence-corrected chi connectivity index (χ4v) is 4.29. The second-order valence-corrected chi connectivity index (χ2v) is 9.05. The van der Waals surface area contributed by atoms with Crippen molar-refractivity contribution in [2.75, 3.05) is 31.8 Å². The Morgan fingerprint density at radius 3 is 2.41 bits per heavy atom. The van der Waals surface area contributed by atoms with Gasteiger partial charge in [0.2, 0.25) is 15.9 Å². The molecule has 0 spiro atoms. The van der Waals surface area contributed by atoms with Crippen molar-refractivity contribution in [3.63, 3.8) is 0 Å². The van der Waals surface area contributed by atoms with E-state index in [0.29, 0.717) is 43.2 Å². The van der Waals surface area contributed by atoms with Gasteiger partial charge in [0.15, 0.2) is 0 Å². The van der Waals surface area contributed by atoms with Crippen LogP contribution >= 0.6 is 0 Å². The Labute approximate surface area is 169 Å². The van der Waals surface area contributed by atoms with Crippen LogP contribution in [-0.4, -0.2) is 59.4 Å². The molecule has 1 aliphatic heterocycles. The van der Waals surface area contributed by atoms with Crippen molar-refractivity contribution in [1.82, 2.24) is 18.7 Å². The number of carbonyl (C=O) groups is 1. The number of nitrogens with one attached hydrogen (secondary N) is 1. The molecule has 0 saturated carbocycles. The summed E-state index contributed by atoms with van der Waals surface area (Å²) in [4.78, 5) is 24.8. The maximum Gasteiger partial charge on any atom is 0.346 e. The highest BCUT2D eigenvalue weighted by atomic mass is 32.2. The van der Waals surface area contributed by atoms with E-state index in [2.05, 4.69) is 10.4 Å². The summed E-state index contributed by atoms with van der Waals surface area (Å²) in [6.45, 7) is 0.575. The van der Waals surface area contributed by atoms with Gasteiger partial charge in [0.05, 0.1) is 13.4 Å². The van der Waals surface area contributed by atoms with E-state index in [4.69, 9.17) is 4.74 Å². The van der Waals surface area contributed by atoms with Crippen LogP contribution < -0.4 is 15.7 Å². The van der Waals surface area contributed by atoms with Gasteiger partial charge in [0.1, 0.15) is 18.1 Å². The fourth-order valence-electron chi connectivity index (χ4n) is 3.42. The number of rotatable bonds is 6. The Kier molecular flexibility index (Phi) is 6.08. The van der Waals surface area contributed by atoms with E-state index >= 15 is 0 Å². The predicted molar refractivity (Wildman–Crippen MR) is 107 cm³/mol. The number of hydrogen-bond acceptors (Lipinski definition) is 6. The number of methoxy groups -OCH3 is 1. The zero-order valence-electron chi connectivity index (χ0n) is 16.7. The number of sulfonamides is 1. The number of piperidine rings is 1. The zero-order valence-corrected chi connectivity index (χ0v) is 17.5. The van der Waals surface area contributed by atoms with Crippen molar-refractivity contribution in [3.8, 4) is 5.75 Å². The third-order valence-corrected chi connectivity index (χ3v) is 6.33. The van der Waals surface area contributed by atoms with E-state index in [1.807, 2.05) is 0 Å². The lowest BCUT2D eigenvalue weighted by Gasteiger charge is -2.29. The topological polar surface area (TPSA) is 116 Å². The summed E-state index contributed by atoms with van der Waals surface area (Å²) >= 11 is 0. The highest BCUT2D eigenvalue weighted by molar-refractivity contribution is 7.88. The van der Waals surface area contributed by atoms with Gasteiger partial charge in [-0.3, -0.25) is 9.36 Å². The van der Waals surface area contributed by atoms with Gasteiger partial charge in [-0.25, -0.2) is 22.2 Å². The van der Waals surface area contributed by atoms with Crippen molar-refractivity contribution in [1.29, 1.82) is 0 Å². The first-order valence-electron chi connectivity index (χ1n) is 9.22. The molecular formula is C18H25N5O5S. The van der Waals surface area contributed by atoms with Gasteiger partial charge in [-0.05, 0) is 37.1 Å². The smallest absolute Gasteiger partial charge is 0.346 e. The number of ether oxygens (including phenoxy) is 1. The molecule has 1 amide bonds. The minimum absolute atomic E-state index is 0.0309. The molecule has 3 rings (SSSR count). The molecule has 158 valence electrons. The van der Waals surface area contributed by atoms with Crippen LogP contribution in [0.1, 0.15) is 24.6 Å². The quantitative estimate of drug-likeness (QED) is 0.718. The molecule has 1 aliphatic rings. The first kappa shape index (κ1) is 21.1. The highest BCUT2D eigenvalue weighted by Crippen LogP contribution is 2.26. The van der Waals surface area contributed by atoms with Crippen LogP contribution in [0.15, 0.2) is 29.1 Å². The van der Waals surface area contributed by atoms with Crippen molar-refractivity contribution in [3.05, 3.63) is 40.6 Å². The van der Waals surface area contributed by atoms with Crippen LogP contribution in [0.3, 0.4) is 0 Å². The van der Waals surface area contributed by atoms with Crippen LogP contribution in [-0.2, 0) is 28.4 Å². The summed E-state index contributed by atoms with van der Waals surface area (Å²) in [6, 6.07) is 6.87. The lowest BCUT2D eigenvalue weighted by atomic mass is 9.97. The molecule has 0 unspecified atom stereocenters. The van der Waals surface area contributed by atoms with E-state index < -0.39 is 10.0 Å². The molecule has 0 atom stereocenters. The average Bonchev–Trinajstić information content (AvgIpc) is 2.96. The van der Waals surface area contributed by atoms with E-state index in [0.717, 1.165) is 4.68 Å². The van der Waals surface area contributed by atoms with Gasteiger partial charge in [0.25, 0.3) is 0 Å². The Bertz CT molecular complexity index is 1030. The second-order valence-electron chi connectivity index (χ2n) is 7.07. The first-order valence-corrected chi connectivity index (χ1v) is 11.1. The third kappa shape index (κ3) is 4.85. The molecule has 1 aromatic carbocycles. The number of anilines is 1. The summed E-state index contributed by atoms with van der Waals surface area (Å²) in [7, 11) is -0.0406. The van der Waals surface area contributed by atoms with Crippen molar-refractivity contribution in [2.24, 2.45) is 7.05 Å². The predicted octanol–water partition coefficient (Wildman–Crippen LogP) is 0.368. The largest absolute Gasteiger partial charge is 0.497 e. The summed E-state index contributed by atoms with van der Waals surface area (Å²) in [6.07, 6.45) is 2.35. The van der Waals surface area contributed by atoms with Crippen molar-refractivity contribution in [2.45, 2.75) is 25.3 Å². The molecule has 1 N–H and O–H groups in total. The van der Waals surface area contributed by atoms with E-state index in [1.165, 1.54) is 15.1 Å². The Hall–Kier alpha value is -2.66. The molecule has 0 radical (unpaired) electrons. The molecular weight excluding hydrogens is 398 g/mol. The summed E-state index contributed by atoms with van der Waals surface area (Å²) in [5, 5.41) is 7.07. The van der Waals surface area contributed by atoms with Gasteiger partial charge in [-0.2, -0.15) is 5.10 Å². The lowest BCUT2D eigenvalue weighted by Crippen LogP contribution is -2.37. The molecule has 10 nitrogen and oxygen atoms in total. The number of hydrogen-bond donors (Lipinski definition) is 1. The average molecular weight is 423 g/mol. The van der Waals surface area contributed by atoms with Crippen LogP contribution in [0.2, 0.25) is 0 Å². The van der Waals surface area contributed by atoms with E-state index in [9.17, 15) is 18.0 Å². The number of benzene rings is 1. The SMILES string of the molecule is COc1ccc(NC(=O)Cn2nc(C3CCN(S(C)(=O)=O)CC3)n(C)c2=O)cc1. The van der Waals surface area contributed by atoms with Gasteiger partial charge >= 0.3 is 5.69 Å². The molecule has 1 aromatic heterocycles. The minimum atomic E-state index is -3.22. The molecule has 1 saturated heterocycles. The van der Waals surface area contributed by atoms with Crippen LogP contribution in [0.5, 0.6) is 5.75 Å². The third-order valence-electron chi connectivity index (χ3n) is 5.03. The van der Waals surface area contributed by atoms with E-state index in [1.54, 1.807) is 38.4 Å². The highest BCUT2D eigenvalue weighted by Gasteiger charge is 2.29. The Morgan fingerprint density at radius 2 is 1.86 bits per heavy atom. The maximum absolute atomic E-state index is 12.5. The standard InChI is InChI=1S/C18H25N5O5S/c1-21-17(13-8-10-22(11-9-13)29(3,26)27)20-23(18(21)25)12-16(24)19-14-4-6-15(28-2)7-5-14/h4-7,13H,8-12H2,1-3H3,(H,19,24). The summed E-state index contributed by atoms with van der Waals surface area (Å²) in [5.41, 5.74) is 0.212. The van der Waals surface area contributed by atoms with Crippen LogP contribution in [0, 0.1) is 0 Å². The monoisotopic (exact) mass is 423 g/mol. The van der Waals surface area contributed by atoms with Gasteiger partial charge < -0.3 is 10.1 Å². The Morgan fingerprint density at radius 1 is 1.24 bits per heavy atom.